The van der Waals surface area contributed by atoms with E-state index in [4.69, 9.17) is 46.4 Å². The number of rotatable bonds is 5. The maximum Gasteiger partial charge on any atom is 0.143 e. The first-order valence-corrected chi connectivity index (χ1v) is 12.3. The third-order valence-corrected chi connectivity index (χ3v) is 6.57. The van der Waals surface area contributed by atoms with Crippen molar-refractivity contribution < 1.29 is 10.2 Å². The Balaban J connectivity index is 1.84. The van der Waals surface area contributed by atoms with Crippen molar-refractivity contribution in [2.45, 2.75) is 13.8 Å². The van der Waals surface area contributed by atoms with Crippen molar-refractivity contribution in [2.24, 2.45) is 9.98 Å². The Morgan fingerprint density at radius 1 is 0.611 bits per heavy atom. The maximum atomic E-state index is 10.3. The molecule has 4 aromatic rings. The summed E-state index contributed by atoms with van der Waals surface area (Å²) in [6.45, 7) is 3.98. The van der Waals surface area contributed by atoms with Gasteiger partial charge in [0.1, 0.15) is 11.5 Å². The monoisotopic (exact) mass is 556 g/mol. The van der Waals surface area contributed by atoms with Gasteiger partial charge < -0.3 is 10.2 Å². The summed E-state index contributed by atoms with van der Waals surface area (Å²) in [6.07, 6.45) is 3.05. The Morgan fingerprint density at radius 3 is 1.39 bits per heavy atom. The van der Waals surface area contributed by atoms with E-state index in [-0.39, 0.29) is 21.5 Å². The summed E-state index contributed by atoms with van der Waals surface area (Å²) >= 11 is 24.3. The number of nitrogens with zero attached hydrogens (tertiary/aromatic N) is 2. The van der Waals surface area contributed by atoms with Crippen LogP contribution in [0, 0.1) is 13.8 Å². The molecule has 4 rings (SSSR count). The molecule has 0 unspecified atom stereocenters. The molecule has 2 N–H and O–H groups in total. The Kier molecular flexibility index (Phi) is 7.91. The molecule has 0 aliphatic carbocycles. The Morgan fingerprint density at radius 2 is 1.00 bits per heavy atom. The van der Waals surface area contributed by atoms with Crippen LogP contribution in [0.1, 0.15) is 22.3 Å². The number of hydrogen-bond donors (Lipinski definition) is 2. The summed E-state index contributed by atoms with van der Waals surface area (Å²) in [6, 6.07) is 17.7. The van der Waals surface area contributed by atoms with Crippen molar-refractivity contribution in [3.05, 3.63) is 103 Å². The fourth-order valence-electron chi connectivity index (χ4n) is 3.82. The van der Waals surface area contributed by atoms with Gasteiger partial charge in [0, 0.05) is 44.7 Å². The van der Waals surface area contributed by atoms with E-state index in [2.05, 4.69) is 9.98 Å². The molecule has 0 atom stereocenters. The first-order chi connectivity index (χ1) is 17.2. The quantitative estimate of drug-likeness (QED) is 0.240. The van der Waals surface area contributed by atoms with Crippen molar-refractivity contribution in [3.63, 3.8) is 0 Å². The van der Waals surface area contributed by atoms with Crippen molar-refractivity contribution in [2.75, 3.05) is 0 Å². The highest BCUT2D eigenvalue weighted by atomic mass is 35.5. The topological polar surface area (TPSA) is 65.2 Å². The fourth-order valence-corrected chi connectivity index (χ4v) is 4.84. The van der Waals surface area contributed by atoms with Crippen LogP contribution in [0.25, 0.3) is 11.1 Å². The van der Waals surface area contributed by atoms with E-state index < -0.39 is 0 Å². The van der Waals surface area contributed by atoms with Crippen molar-refractivity contribution >= 4 is 70.2 Å². The standard InChI is InChI=1S/C28H20Cl4N2O2/c1-15-5-3-7-23(33-13-17-9-19(29)11-21(31)27(17)35)25(15)26-16(2)6-4-8-24(26)34-14-18-10-20(30)12-22(32)28(18)36/h3-14,35-36H,1-2H3. The number of aromatic hydroxyl groups is 2. The van der Waals surface area contributed by atoms with E-state index in [1.807, 2.05) is 50.2 Å². The zero-order valence-electron chi connectivity index (χ0n) is 19.2. The van der Waals surface area contributed by atoms with E-state index in [9.17, 15) is 10.2 Å². The third-order valence-electron chi connectivity index (χ3n) is 5.55. The van der Waals surface area contributed by atoms with Crippen LogP contribution in [-0.4, -0.2) is 22.6 Å². The average Bonchev–Trinajstić information content (AvgIpc) is 2.82. The van der Waals surface area contributed by atoms with Crippen LogP contribution in [0.4, 0.5) is 11.4 Å². The van der Waals surface area contributed by atoms with Crippen LogP contribution in [0.3, 0.4) is 0 Å². The lowest BCUT2D eigenvalue weighted by Gasteiger charge is -2.15. The number of aryl methyl sites for hydroxylation is 2. The van der Waals surface area contributed by atoms with E-state index in [1.165, 1.54) is 24.6 Å². The number of phenols is 2. The maximum absolute atomic E-state index is 10.3. The molecule has 8 heteroatoms. The minimum atomic E-state index is -0.0970. The van der Waals surface area contributed by atoms with Crippen LogP contribution in [0.15, 0.2) is 70.6 Å². The van der Waals surface area contributed by atoms with Crippen LogP contribution < -0.4 is 0 Å². The molecule has 0 saturated carbocycles. The highest BCUT2D eigenvalue weighted by molar-refractivity contribution is 6.36. The molecule has 0 aliphatic heterocycles. The first kappa shape index (κ1) is 26.1. The largest absolute Gasteiger partial charge is 0.506 e. The molecule has 0 spiro atoms. The van der Waals surface area contributed by atoms with Gasteiger partial charge in [-0.15, -0.1) is 0 Å². The number of aliphatic imine (C=N–C) groups is 2. The van der Waals surface area contributed by atoms with Gasteiger partial charge in [0.2, 0.25) is 0 Å². The summed E-state index contributed by atoms with van der Waals surface area (Å²) in [5.41, 5.74) is 5.86. The molecular formula is C28H20Cl4N2O2. The summed E-state index contributed by atoms with van der Waals surface area (Å²) in [5.74, 6) is -0.194. The summed E-state index contributed by atoms with van der Waals surface area (Å²) in [7, 11) is 0. The molecule has 0 amide bonds. The van der Waals surface area contributed by atoms with Gasteiger partial charge in [-0.1, -0.05) is 70.7 Å². The van der Waals surface area contributed by atoms with Crippen molar-refractivity contribution in [3.8, 4) is 22.6 Å². The van der Waals surface area contributed by atoms with Gasteiger partial charge in [0.15, 0.2) is 0 Å². The number of halogens is 4. The van der Waals surface area contributed by atoms with Gasteiger partial charge in [0.05, 0.1) is 21.4 Å². The van der Waals surface area contributed by atoms with Crippen LogP contribution in [-0.2, 0) is 0 Å². The summed E-state index contributed by atoms with van der Waals surface area (Å²) in [5, 5.41) is 21.7. The first-order valence-electron chi connectivity index (χ1n) is 10.8. The smallest absolute Gasteiger partial charge is 0.143 e. The SMILES string of the molecule is Cc1cccc(N=Cc2cc(Cl)cc(Cl)c2O)c1-c1c(C)cccc1N=Cc1cc(Cl)cc(Cl)c1O. The van der Waals surface area contributed by atoms with E-state index in [0.29, 0.717) is 32.5 Å². The molecule has 0 heterocycles. The molecule has 0 aliphatic rings. The molecule has 0 bridgehead atoms. The van der Waals surface area contributed by atoms with E-state index in [1.54, 1.807) is 12.1 Å². The lowest BCUT2D eigenvalue weighted by Crippen LogP contribution is -1.91. The molecular weight excluding hydrogens is 538 g/mol. The molecule has 0 radical (unpaired) electrons. The molecule has 0 fully saturated rings. The van der Waals surface area contributed by atoms with Crippen LogP contribution in [0.5, 0.6) is 11.5 Å². The van der Waals surface area contributed by atoms with Crippen molar-refractivity contribution in [1.29, 1.82) is 0 Å². The van der Waals surface area contributed by atoms with Gasteiger partial charge in [-0.05, 0) is 61.4 Å². The summed E-state index contributed by atoms with van der Waals surface area (Å²) < 4.78 is 0. The van der Waals surface area contributed by atoms with Gasteiger partial charge >= 0.3 is 0 Å². The van der Waals surface area contributed by atoms with Gasteiger partial charge in [-0.2, -0.15) is 0 Å². The summed E-state index contributed by atoms with van der Waals surface area (Å²) in [4.78, 5) is 9.33. The number of hydrogen-bond acceptors (Lipinski definition) is 4. The normalized spacial score (nSPS) is 11.6. The lowest BCUT2D eigenvalue weighted by atomic mass is 9.93. The average molecular weight is 558 g/mol. The number of benzene rings is 4. The minimum absolute atomic E-state index is 0.0970. The highest BCUT2D eigenvalue weighted by Gasteiger charge is 2.15. The second-order valence-electron chi connectivity index (χ2n) is 8.11. The van der Waals surface area contributed by atoms with Gasteiger partial charge in [-0.3, -0.25) is 9.98 Å². The van der Waals surface area contributed by atoms with E-state index in [0.717, 1.165) is 22.3 Å². The second kappa shape index (κ2) is 10.9. The lowest BCUT2D eigenvalue weighted by molar-refractivity contribution is 0.474. The molecule has 4 aromatic carbocycles. The van der Waals surface area contributed by atoms with Crippen molar-refractivity contribution in [1.82, 2.24) is 0 Å². The fraction of sp³-hybridized carbons (Fsp3) is 0.0714. The predicted octanol–water partition coefficient (Wildman–Crippen LogP) is 9.50. The highest BCUT2D eigenvalue weighted by Crippen LogP contribution is 2.42. The second-order valence-corrected chi connectivity index (χ2v) is 9.79. The molecule has 4 nitrogen and oxygen atoms in total. The van der Waals surface area contributed by atoms with Crippen LogP contribution >= 0.6 is 46.4 Å². The number of phenolic OH excluding ortho intramolecular Hbond substituents is 2. The molecule has 0 aromatic heterocycles. The molecule has 182 valence electrons. The predicted molar refractivity (Wildman–Crippen MR) is 152 cm³/mol. The molecule has 0 saturated heterocycles. The molecule has 36 heavy (non-hydrogen) atoms. The van der Waals surface area contributed by atoms with E-state index >= 15 is 0 Å². The van der Waals surface area contributed by atoms with Gasteiger partial charge in [0.25, 0.3) is 0 Å². The third kappa shape index (κ3) is 5.53. The Labute approximate surface area is 229 Å². The Bertz CT molecular complexity index is 1420. The zero-order valence-corrected chi connectivity index (χ0v) is 22.3. The van der Waals surface area contributed by atoms with Gasteiger partial charge in [-0.25, -0.2) is 0 Å². The Hall–Kier alpha value is -3.02. The van der Waals surface area contributed by atoms with Crippen LogP contribution in [0.2, 0.25) is 20.1 Å². The zero-order chi connectivity index (χ0) is 26.0. The minimum Gasteiger partial charge on any atom is -0.506 e.